The Balaban J connectivity index is 2.78. The monoisotopic (exact) mass is 276 g/mol. The van der Waals surface area contributed by atoms with Crippen LogP contribution in [0.4, 0.5) is 0 Å². The lowest BCUT2D eigenvalue weighted by Crippen LogP contribution is -2.33. The highest BCUT2D eigenvalue weighted by Crippen LogP contribution is 2.04. The lowest BCUT2D eigenvalue weighted by Gasteiger charge is -2.12. The van der Waals surface area contributed by atoms with E-state index >= 15 is 0 Å². The first-order chi connectivity index (χ1) is 9.56. The van der Waals surface area contributed by atoms with Gasteiger partial charge in [0.25, 0.3) is 11.9 Å². The number of amides is 1. The van der Waals surface area contributed by atoms with E-state index in [0.717, 1.165) is 18.4 Å². The van der Waals surface area contributed by atoms with Crippen LogP contribution in [0.5, 0.6) is 0 Å². The Bertz CT molecular complexity index is 469. The van der Waals surface area contributed by atoms with Gasteiger partial charge in [-0.25, -0.2) is 4.99 Å². The van der Waals surface area contributed by atoms with Gasteiger partial charge in [-0.2, -0.15) is 0 Å². The lowest BCUT2D eigenvalue weighted by molar-refractivity contribution is 0.0965. The summed E-state index contributed by atoms with van der Waals surface area (Å²) in [6.45, 7) is 8.56. The summed E-state index contributed by atoms with van der Waals surface area (Å²) in [6.07, 6.45) is 1.78. The van der Waals surface area contributed by atoms with Crippen molar-refractivity contribution in [3.63, 3.8) is 0 Å². The number of hydrogen-bond acceptors (Lipinski definition) is 3. The van der Waals surface area contributed by atoms with Crippen molar-refractivity contribution in [1.29, 1.82) is 0 Å². The van der Waals surface area contributed by atoms with Gasteiger partial charge in [-0.15, -0.1) is 0 Å². The van der Waals surface area contributed by atoms with Crippen molar-refractivity contribution >= 4 is 11.9 Å². The summed E-state index contributed by atoms with van der Waals surface area (Å²) in [4.78, 5) is 16.6. The van der Waals surface area contributed by atoms with Crippen molar-refractivity contribution in [2.75, 3.05) is 6.61 Å². The van der Waals surface area contributed by atoms with Crippen molar-refractivity contribution in [1.82, 2.24) is 5.32 Å². The van der Waals surface area contributed by atoms with Crippen molar-refractivity contribution < 1.29 is 9.53 Å². The number of rotatable bonds is 5. The summed E-state index contributed by atoms with van der Waals surface area (Å²) in [6, 6.07) is 7.88. The molecule has 1 aromatic carbocycles. The number of nitrogens with zero attached hydrogens (tertiary/aromatic N) is 1. The Labute approximate surface area is 121 Å². The molecule has 4 heteroatoms. The number of aryl methyl sites for hydroxylation is 1. The molecule has 110 valence electrons. The number of carbonyl (C=O) groups excluding carboxylic acids is 1. The number of hydrogen-bond donors (Lipinski definition) is 1. The fraction of sp³-hybridized carbons (Fsp3) is 0.500. The quantitative estimate of drug-likeness (QED) is 0.662. The molecule has 1 amide bonds. The molecule has 1 atom stereocenters. The molecule has 0 aliphatic heterocycles. The van der Waals surface area contributed by atoms with Crippen LogP contribution in [0.1, 0.15) is 49.5 Å². The summed E-state index contributed by atoms with van der Waals surface area (Å²) in [5.74, 6) is -0.188. The van der Waals surface area contributed by atoms with E-state index in [9.17, 15) is 4.79 Å². The minimum atomic E-state index is -0.188. The van der Waals surface area contributed by atoms with Crippen LogP contribution in [0, 0.1) is 6.92 Å². The van der Waals surface area contributed by atoms with Crippen molar-refractivity contribution in [3.05, 3.63) is 35.4 Å². The van der Waals surface area contributed by atoms with Gasteiger partial charge >= 0.3 is 0 Å². The maximum Gasteiger partial charge on any atom is 0.291 e. The molecular formula is C16H24N2O2. The minimum Gasteiger partial charge on any atom is -0.465 e. The highest BCUT2D eigenvalue weighted by atomic mass is 16.5. The third-order valence-electron chi connectivity index (χ3n) is 2.87. The molecule has 1 aromatic rings. The van der Waals surface area contributed by atoms with Gasteiger partial charge < -0.3 is 4.74 Å². The van der Waals surface area contributed by atoms with E-state index in [1.807, 2.05) is 45.9 Å². The number of nitrogens with one attached hydrogen (secondary N) is 1. The number of amidine groups is 1. The molecule has 0 spiro atoms. The first-order valence-corrected chi connectivity index (χ1v) is 7.15. The number of carbonyl (C=O) groups is 1. The van der Waals surface area contributed by atoms with Crippen LogP contribution in [0.25, 0.3) is 0 Å². The maximum absolute atomic E-state index is 12.2. The molecular weight excluding hydrogens is 252 g/mol. The smallest absolute Gasteiger partial charge is 0.291 e. The molecule has 0 heterocycles. The van der Waals surface area contributed by atoms with E-state index in [4.69, 9.17) is 4.74 Å². The van der Waals surface area contributed by atoms with Gasteiger partial charge in [0.05, 0.1) is 12.6 Å². The molecule has 20 heavy (non-hydrogen) atoms. The molecule has 4 nitrogen and oxygen atoms in total. The second-order valence-corrected chi connectivity index (χ2v) is 4.86. The summed E-state index contributed by atoms with van der Waals surface area (Å²) in [5.41, 5.74) is 1.66. The summed E-state index contributed by atoms with van der Waals surface area (Å²) >= 11 is 0. The Morgan fingerprint density at radius 2 is 2.15 bits per heavy atom. The maximum atomic E-state index is 12.2. The van der Waals surface area contributed by atoms with Crippen LogP contribution >= 0.6 is 0 Å². The predicted molar refractivity (Wildman–Crippen MR) is 82.1 cm³/mol. The average Bonchev–Trinajstić information content (AvgIpc) is 2.44. The van der Waals surface area contributed by atoms with Gasteiger partial charge in [-0.3, -0.25) is 10.1 Å². The van der Waals surface area contributed by atoms with Crippen molar-refractivity contribution in [2.24, 2.45) is 4.99 Å². The van der Waals surface area contributed by atoms with Crippen LogP contribution in [-0.2, 0) is 4.74 Å². The zero-order chi connectivity index (χ0) is 15.0. The molecule has 0 aliphatic rings. The fourth-order valence-electron chi connectivity index (χ4n) is 1.55. The van der Waals surface area contributed by atoms with Crippen LogP contribution < -0.4 is 5.32 Å². The van der Waals surface area contributed by atoms with Crippen molar-refractivity contribution in [3.8, 4) is 0 Å². The van der Waals surface area contributed by atoms with Gasteiger partial charge in [0.2, 0.25) is 0 Å². The van der Waals surface area contributed by atoms with E-state index in [-0.39, 0.29) is 11.9 Å². The fourth-order valence-corrected chi connectivity index (χ4v) is 1.55. The Morgan fingerprint density at radius 3 is 2.75 bits per heavy atom. The Hall–Kier alpha value is -1.84. The van der Waals surface area contributed by atoms with Gasteiger partial charge in [-0.1, -0.05) is 31.5 Å². The summed E-state index contributed by atoms with van der Waals surface area (Å²) < 4.78 is 5.50. The van der Waals surface area contributed by atoms with Crippen molar-refractivity contribution in [2.45, 2.75) is 46.6 Å². The largest absolute Gasteiger partial charge is 0.465 e. The molecule has 1 N–H and O–H groups in total. The van der Waals surface area contributed by atoms with Gasteiger partial charge in [0.1, 0.15) is 0 Å². The molecule has 0 saturated carbocycles. The summed E-state index contributed by atoms with van der Waals surface area (Å²) in [7, 11) is 0. The second-order valence-electron chi connectivity index (χ2n) is 4.86. The zero-order valence-electron chi connectivity index (χ0n) is 12.8. The van der Waals surface area contributed by atoms with Gasteiger partial charge in [0, 0.05) is 5.56 Å². The Morgan fingerprint density at radius 1 is 1.40 bits per heavy atom. The topological polar surface area (TPSA) is 50.7 Å². The van der Waals surface area contributed by atoms with Gasteiger partial charge in [-0.05, 0) is 38.8 Å². The molecule has 0 fully saturated rings. The van der Waals surface area contributed by atoms with Crippen LogP contribution in [-0.4, -0.2) is 24.6 Å². The lowest BCUT2D eigenvalue weighted by atomic mass is 10.1. The molecule has 1 rings (SSSR count). The standard InChI is InChI=1S/C16H24N2O2/c1-5-10-20-16(17-13(4)6-2)18-15(19)14-9-7-8-12(3)11-14/h7-9,11,13H,5-6,10H2,1-4H3,(H,17,18,19)/t13-/m0/s1. The molecule has 0 radical (unpaired) electrons. The van der Waals surface area contributed by atoms with Crippen LogP contribution in [0.3, 0.4) is 0 Å². The summed E-state index contributed by atoms with van der Waals surface area (Å²) in [5, 5.41) is 2.75. The normalized spacial score (nSPS) is 12.9. The first-order valence-electron chi connectivity index (χ1n) is 7.15. The van der Waals surface area contributed by atoms with E-state index in [1.165, 1.54) is 0 Å². The molecule has 0 bridgehead atoms. The van der Waals surface area contributed by atoms with Gasteiger partial charge in [0.15, 0.2) is 0 Å². The number of aliphatic imine (C=N–C) groups is 1. The molecule has 0 aliphatic carbocycles. The minimum absolute atomic E-state index is 0.125. The van der Waals surface area contributed by atoms with E-state index < -0.39 is 0 Å². The highest BCUT2D eigenvalue weighted by Gasteiger charge is 2.11. The van der Waals surface area contributed by atoms with E-state index in [2.05, 4.69) is 10.3 Å². The zero-order valence-corrected chi connectivity index (χ0v) is 12.8. The third kappa shape index (κ3) is 5.43. The first kappa shape index (κ1) is 16.2. The molecule has 0 aromatic heterocycles. The van der Waals surface area contributed by atoms with E-state index in [0.29, 0.717) is 18.2 Å². The SMILES string of the molecule is CCCOC(=N[C@@H](C)CC)NC(=O)c1cccc(C)c1. The Kier molecular flexibility index (Phi) is 6.77. The van der Waals surface area contributed by atoms with Crippen LogP contribution in [0.15, 0.2) is 29.3 Å². The number of ether oxygens (including phenoxy) is 1. The van der Waals surface area contributed by atoms with Crippen LogP contribution in [0.2, 0.25) is 0 Å². The second kappa shape index (κ2) is 8.35. The predicted octanol–water partition coefficient (Wildman–Crippen LogP) is 3.31. The molecule has 0 unspecified atom stereocenters. The molecule has 0 saturated heterocycles. The average molecular weight is 276 g/mol. The number of benzene rings is 1. The van der Waals surface area contributed by atoms with E-state index in [1.54, 1.807) is 6.07 Å². The highest BCUT2D eigenvalue weighted by molar-refractivity contribution is 6.04. The third-order valence-corrected chi connectivity index (χ3v) is 2.87.